The number of aryl methyl sites for hydroxylation is 1. The summed E-state index contributed by atoms with van der Waals surface area (Å²) in [4.78, 5) is 39.7. The Labute approximate surface area is 164 Å². The number of hydrogen-bond donors (Lipinski definition) is 2. The first-order valence-corrected chi connectivity index (χ1v) is 9.18. The third-order valence-electron chi connectivity index (χ3n) is 4.90. The number of carbonyl (C=O) groups is 3. The lowest BCUT2D eigenvalue weighted by Gasteiger charge is -2.41. The number of anilines is 1. The average Bonchev–Trinajstić information content (AvgIpc) is 2.68. The summed E-state index contributed by atoms with van der Waals surface area (Å²) in [7, 11) is 0. The van der Waals surface area contributed by atoms with Crippen LogP contribution in [0.3, 0.4) is 0 Å². The second-order valence-corrected chi connectivity index (χ2v) is 6.87. The van der Waals surface area contributed by atoms with E-state index in [0.717, 1.165) is 16.8 Å². The lowest BCUT2D eigenvalue weighted by molar-refractivity contribution is -0.138. The van der Waals surface area contributed by atoms with Gasteiger partial charge in [0.15, 0.2) is 0 Å². The Morgan fingerprint density at radius 3 is 2.46 bits per heavy atom. The van der Waals surface area contributed by atoms with E-state index in [1.165, 1.54) is 0 Å². The molecule has 7 heteroatoms. The molecule has 28 heavy (non-hydrogen) atoms. The van der Waals surface area contributed by atoms with Crippen LogP contribution in [0.2, 0.25) is 0 Å². The molecule has 0 saturated carbocycles. The van der Waals surface area contributed by atoms with Gasteiger partial charge in [0.1, 0.15) is 6.54 Å². The van der Waals surface area contributed by atoms with Crippen LogP contribution >= 0.6 is 0 Å². The van der Waals surface area contributed by atoms with Gasteiger partial charge in [0.2, 0.25) is 11.8 Å². The second kappa shape index (κ2) is 8.56. The van der Waals surface area contributed by atoms with Crippen LogP contribution in [0.1, 0.15) is 11.1 Å². The molecule has 0 aliphatic carbocycles. The minimum absolute atomic E-state index is 0.0366. The first-order valence-electron chi connectivity index (χ1n) is 9.18. The van der Waals surface area contributed by atoms with Crippen molar-refractivity contribution in [1.82, 2.24) is 10.2 Å². The molecule has 0 radical (unpaired) electrons. The standard InChI is InChI=1S/C21H24N4O3/c1-15-7-5-6-10-18(15)25-13-17(11-16-8-3-2-4-9-16)24(14-20(25)27)19(26)12-23-21(22)28/h2-10,17H,11-14H2,1H3,(H3,22,23,28)/t17-/m0/s1. The summed E-state index contributed by atoms with van der Waals surface area (Å²) < 4.78 is 0. The summed E-state index contributed by atoms with van der Waals surface area (Å²) in [6.45, 7) is 2.09. The highest BCUT2D eigenvalue weighted by atomic mass is 16.2. The van der Waals surface area contributed by atoms with Gasteiger partial charge in [0, 0.05) is 12.2 Å². The first-order chi connectivity index (χ1) is 13.5. The van der Waals surface area contributed by atoms with E-state index < -0.39 is 6.03 Å². The number of rotatable bonds is 5. The number of nitrogens with one attached hydrogen (secondary N) is 1. The number of hydrogen-bond acceptors (Lipinski definition) is 3. The van der Waals surface area contributed by atoms with Crippen LogP contribution in [0.15, 0.2) is 54.6 Å². The lowest BCUT2D eigenvalue weighted by atomic mass is 10.0. The van der Waals surface area contributed by atoms with Gasteiger partial charge >= 0.3 is 6.03 Å². The number of carbonyl (C=O) groups excluding carboxylic acids is 3. The number of benzene rings is 2. The second-order valence-electron chi connectivity index (χ2n) is 6.87. The van der Waals surface area contributed by atoms with E-state index in [1.807, 2.05) is 61.5 Å². The Morgan fingerprint density at radius 1 is 1.11 bits per heavy atom. The van der Waals surface area contributed by atoms with Crippen LogP contribution in [0.4, 0.5) is 10.5 Å². The number of primary amides is 1. The van der Waals surface area contributed by atoms with E-state index in [1.54, 1.807) is 9.80 Å². The molecule has 1 atom stereocenters. The topological polar surface area (TPSA) is 95.7 Å². The fourth-order valence-corrected chi connectivity index (χ4v) is 3.49. The van der Waals surface area contributed by atoms with E-state index in [-0.39, 0.29) is 30.9 Å². The summed E-state index contributed by atoms with van der Waals surface area (Å²) in [5.74, 6) is -0.469. The van der Waals surface area contributed by atoms with Gasteiger partial charge in [-0.1, -0.05) is 48.5 Å². The van der Waals surface area contributed by atoms with Crippen LogP contribution in [-0.2, 0) is 16.0 Å². The molecular weight excluding hydrogens is 356 g/mol. The first kappa shape index (κ1) is 19.4. The molecule has 3 N–H and O–H groups in total. The summed E-state index contributed by atoms with van der Waals surface area (Å²) in [5, 5.41) is 2.32. The van der Waals surface area contributed by atoms with Crippen molar-refractivity contribution >= 4 is 23.5 Å². The minimum atomic E-state index is -0.766. The summed E-state index contributed by atoms with van der Waals surface area (Å²) in [6, 6.07) is 16.6. The smallest absolute Gasteiger partial charge is 0.312 e. The number of amides is 4. The minimum Gasteiger partial charge on any atom is -0.352 e. The van der Waals surface area contributed by atoms with Gasteiger partial charge in [0.25, 0.3) is 0 Å². The number of para-hydroxylation sites is 1. The Bertz CT molecular complexity index is 869. The van der Waals surface area contributed by atoms with Crippen LogP contribution in [-0.4, -0.2) is 48.4 Å². The molecule has 7 nitrogen and oxygen atoms in total. The number of piperazine rings is 1. The maximum absolute atomic E-state index is 12.8. The highest BCUT2D eigenvalue weighted by Crippen LogP contribution is 2.25. The zero-order valence-corrected chi connectivity index (χ0v) is 15.8. The van der Waals surface area contributed by atoms with Crippen LogP contribution in [0.5, 0.6) is 0 Å². The van der Waals surface area contributed by atoms with Gasteiger partial charge in [0.05, 0.1) is 12.6 Å². The Hall–Kier alpha value is -3.35. The number of nitrogens with two attached hydrogens (primary N) is 1. The van der Waals surface area contributed by atoms with Crippen molar-refractivity contribution in [2.24, 2.45) is 5.73 Å². The molecule has 2 aromatic carbocycles. The van der Waals surface area contributed by atoms with Gasteiger partial charge in [-0.25, -0.2) is 4.79 Å². The fourth-order valence-electron chi connectivity index (χ4n) is 3.49. The van der Waals surface area contributed by atoms with Crippen molar-refractivity contribution in [2.75, 3.05) is 24.5 Å². The van der Waals surface area contributed by atoms with Crippen molar-refractivity contribution in [3.63, 3.8) is 0 Å². The predicted molar refractivity (Wildman–Crippen MR) is 107 cm³/mol. The van der Waals surface area contributed by atoms with Crippen molar-refractivity contribution in [3.05, 3.63) is 65.7 Å². The Balaban J connectivity index is 1.85. The zero-order chi connectivity index (χ0) is 20.1. The van der Waals surface area contributed by atoms with Crippen molar-refractivity contribution < 1.29 is 14.4 Å². The van der Waals surface area contributed by atoms with E-state index in [2.05, 4.69) is 5.32 Å². The van der Waals surface area contributed by atoms with Gasteiger partial charge in [-0.3, -0.25) is 9.59 Å². The Morgan fingerprint density at radius 2 is 1.79 bits per heavy atom. The summed E-state index contributed by atoms with van der Waals surface area (Å²) in [5.41, 5.74) is 8.01. The van der Waals surface area contributed by atoms with Gasteiger partial charge < -0.3 is 20.9 Å². The largest absolute Gasteiger partial charge is 0.352 e. The molecule has 0 spiro atoms. The molecule has 1 saturated heterocycles. The van der Waals surface area contributed by atoms with Crippen molar-refractivity contribution in [1.29, 1.82) is 0 Å². The molecule has 146 valence electrons. The van der Waals surface area contributed by atoms with Crippen LogP contribution < -0.4 is 16.0 Å². The normalized spacial score (nSPS) is 16.8. The average molecular weight is 380 g/mol. The molecular formula is C21H24N4O3. The highest BCUT2D eigenvalue weighted by molar-refractivity contribution is 5.99. The number of nitrogens with zero attached hydrogens (tertiary/aromatic N) is 2. The molecule has 0 aromatic heterocycles. The van der Waals surface area contributed by atoms with Crippen molar-refractivity contribution in [2.45, 2.75) is 19.4 Å². The fraction of sp³-hybridized carbons (Fsp3) is 0.286. The predicted octanol–water partition coefficient (Wildman–Crippen LogP) is 1.45. The van der Waals surface area contributed by atoms with E-state index in [9.17, 15) is 14.4 Å². The monoisotopic (exact) mass is 380 g/mol. The van der Waals surface area contributed by atoms with Gasteiger partial charge in [-0.2, -0.15) is 0 Å². The Kier molecular flexibility index (Phi) is 5.93. The molecule has 1 fully saturated rings. The number of urea groups is 1. The van der Waals surface area contributed by atoms with E-state index in [0.29, 0.717) is 13.0 Å². The van der Waals surface area contributed by atoms with Crippen LogP contribution in [0.25, 0.3) is 0 Å². The molecule has 3 rings (SSSR count). The maximum Gasteiger partial charge on any atom is 0.312 e. The van der Waals surface area contributed by atoms with Gasteiger partial charge in [-0.15, -0.1) is 0 Å². The third kappa shape index (κ3) is 4.49. The molecule has 1 aliphatic heterocycles. The van der Waals surface area contributed by atoms with Gasteiger partial charge in [-0.05, 0) is 30.5 Å². The van der Waals surface area contributed by atoms with Crippen LogP contribution in [0, 0.1) is 6.92 Å². The van der Waals surface area contributed by atoms with E-state index in [4.69, 9.17) is 5.73 Å². The van der Waals surface area contributed by atoms with Crippen molar-refractivity contribution in [3.8, 4) is 0 Å². The summed E-state index contributed by atoms with van der Waals surface area (Å²) >= 11 is 0. The SMILES string of the molecule is Cc1ccccc1N1C[C@H](Cc2ccccc2)N(C(=O)CNC(N)=O)CC1=O. The molecule has 1 aliphatic rings. The molecule has 0 unspecified atom stereocenters. The zero-order valence-electron chi connectivity index (χ0n) is 15.8. The molecule has 2 aromatic rings. The molecule has 1 heterocycles. The quantitative estimate of drug-likeness (QED) is 0.822. The molecule has 0 bridgehead atoms. The van der Waals surface area contributed by atoms with E-state index >= 15 is 0 Å². The maximum atomic E-state index is 12.8. The third-order valence-corrected chi connectivity index (χ3v) is 4.90. The molecule has 4 amide bonds. The lowest BCUT2D eigenvalue weighted by Crippen LogP contribution is -2.60. The summed E-state index contributed by atoms with van der Waals surface area (Å²) in [6.07, 6.45) is 0.610. The highest BCUT2D eigenvalue weighted by Gasteiger charge is 2.36.